The number of aliphatic hydroxyl groups is 1. The number of ether oxygens (including phenoxy) is 1. The quantitative estimate of drug-likeness (QED) is 0.183. The third-order valence-corrected chi connectivity index (χ3v) is 10.1. The Balaban J connectivity index is 1.33. The first-order valence-corrected chi connectivity index (χ1v) is 16.2. The van der Waals surface area contributed by atoms with E-state index in [2.05, 4.69) is 19.9 Å². The van der Waals surface area contributed by atoms with Crippen LogP contribution >= 0.6 is 0 Å². The predicted molar refractivity (Wildman–Crippen MR) is 162 cm³/mol. The molecule has 5 heteroatoms. The highest BCUT2D eigenvalue weighted by atomic mass is 19.1. The van der Waals surface area contributed by atoms with Crippen LogP contribution in [0.2, 0.25) is 0 Å². The number of benzene rings is 2. The van der Waals surface area contributed by atoms with E-state index >= 15 is 8.78 Å². The minimum Gasteiger partial charge on any atom is -0.468 e. The number of carbonyl (C=O) groups is 1. The van der Waals surface area contributed by atoms with Gasteiger partial charge in [0.15, 0.2) is 0 Å². The predicted octanol–water partition coefficient (Wildman–Crippen LogP) is 9.18. The normalized spacial score (nSPS) is 23.7. The summed E-state index contributed by atoms with van der Waals surface area (Å²) in [6.45, 7) is 5.14. The molecule has 1 atom stereocenters. The molecule has 2 fully saturated rings. The molecule has 0 amide bonds. The molecule has 2 aromatic rings. The van der Waals surface area contributed by atoms with Gasteiger partial charge in [0.05, 0.1) is 12.2 Å². The zero-order chi connectivity index (χ0) is 29.2. The van der Waals surface area contributed by atoms with E-state index in [4.69, 9.17) is 4.74 Å². The molecule has 0 spiro atoms. The number of halogens is 2. The molecule has 0 aromatic heterocycles. The highest BCUT2D eigenvalue weighted by molar-refractivity contribution is 5.67. The third-order valence-electron chi connectivity index (χ3n) is 10.1. The first-order chi connectivity index (χ1) is 20.0. The SMILES string of the molecule is CCCCCc1cc(F)c(-c2ccc(C3CCC(C4CCC(CC(CO)COC=O)CC4)CC3)c(CC)c2)c(F)c1. The average molecular weight is 569 g/mol. The van der Waals surface area contributed by atoms with E-state index in [9.17, 15) is 9.90 Å². The summed E-state index contributed by atoms with van der Waals surface area (Å²) in [5.41, 5.74) is 4.07. The van der Waals surface area contributed by atoms with Crippen LogP contribution in [0.3, 0.4) is 0 Å². The molecule has 3 nitrogen and oxygen atoms in total. The summed E-state index contributed by atoms with van der Waals surface area (Å²) in [7, 11) is 0. The lowest BCUT2D eigenvalue weighted by Crippen LogP contribution is -2.27. The Morgan fingerprint density at radius 2 is 1.59 bits per heavy atom. The highest BCUT2D eigenvalue weighted by Gasteiger charge is 2.32. The molecule has 0 radical (unpaired) electrons. The van der Waals surface area contributed by atoms with Crippen LogP contribution in [0.5, 0.6) is 0 Å². The lowest BCUT2D eigenvalue weighted by atomic mass is 9.67. The van der Waals surface area contributed by atoms with Gasteiger partial charge in [-0.15, -0.1) is 0 Å². The van der Waals surface area contributed by atoms with Crippen LogP contribution in [-0.4, -0.2) is 24.8 Å². The highest BCUT2D eigenvalue weighted by Crippen LogP contribution is 2.45. The first kappa shape index (κ1) is 31.7. The summed E-state index contributed by atoms with van der Waals surface area (Å²) in [4.78, 5) is 10.5. The first-order valence-electron chi connectivity index (χ1n) is 16.2. The number of hydrogen-bond donors (Lipinski definition) is 1. The van der Waals surface area contributed by atoms with Crippen LogP contribution in [0.25, 0.3) is 11.1 Å². The van der Waals surface area contributed by atoms with Crippen molar-refractivity contribution in [1.29, 1.82) is 0 Å². The van der Waals surface area contributed by atoms with Crippen molar-refractivity contribution in [2.45, 2.75) is 110 Å². The molecule has 2 aromatic carbocycles. The Morgan fingerprint density at radius 1 is 0.927 bits per heavy atom. The summed E-state index contributed by atoms with van der Waals surface area (Å²) in [5, 5.41) is 9.61. The van der Waals surface area contributed by atoms with Gasteiger partial charge in [0, 0.05) is 12.5 Å². The maximum atomic E-state index is 15.1. The van der Waals surface area contributed by atoms with Crippen LogP contribution in [0, 0.1) is 35.3 Å². The summed E-state index contributed by atoms with van der Waals surface area (Å²) in [5.74, 6) is 1.85. The van der Waals surface area contributed by atoms with E-state index in [1.807, 2.05) is 12.1 Å². The fourth-order valence-corrected chi connectivity index (χ4v) is 7.73. The van der Waals surface area contributed by atoms with E-state index in [1.54, 1.807) is 0 Å². The maximum absolute atomic E-state index is 15.1. The monoisotopic (exact) mass is 568 g/mol. The second-order valence-electron chi connectivity index (χ2n) is 12.8. The molecule has 1 unspecified atom stereocenters. The van der Waals surface area contributed by atoms with E-state index in [1.165, 1.54) is 74.6 Å². The molecule has 0 heterocycles. The molecule has 0 saturated heterocycles. The fraction of sp³-hybridized carbons (Fsp3) is 0.639. The van der Waals surface area contributed by atoms with Crippen LogP contribution in [0.4, 0.5) is 8.78 Å². The smallest absolute Gasteiger partial charge is 0.293 e. The second kappa shape index (κ2) is 15.8. The summed E-state index contributed by atoms with van der Waals surface area (Å²) >= 11 is 0. The molecule has 41 heavy (non-hydrogen) atoms. The van der Waals surface area contributed by atoms with Crippen molar-refractivity contribution >= 4 is 6.47 Å². The molecular weight excluding hydrogens is 518 g/mol. The minimum atomic E-state index is -0.456. The summed E-state index contributed by atoms with van der Waals surface area (Å²) < 4.78 is 35.1. The second-order valence-corrected chi connectivity index (χ2v) is 12.8. The maximum Gasteiger partial charge on any atom is 0.293 e. The van der Waals surface area contributed by atoms with Gasteiger partial charge in [-0.3, -0.25) is 4.79 Å². The Labute approximate surface area is 246 Å². The van der Waals surface area contributed by atoms with Crippen molar-refractivity contribution in [3.63, 3.8) is 0 Å². The Morgan fingerprint density at radius 3 is 2.17 bits per heavy atom. The summed E-state index contributed by atoms with van der Waals surface area (Å²) in [6.07, 6.45) is 15.4. The van der Waals surface area contributed by atoms with Gasteiger partial charge in [0.1, 0.15) is 11.6 Å². The van der Waals surface area contributed by atoms with Gasteiger partial charge in [-0.2, -0.15) is 0 Å². The molecule has 2 aliphatic rings. The minimum absolute atomic E-state index is 0.0548. The van der Waals surface area contributed by atoms with Gasteiger partial charge in [-0.05, 0) is 122 Å². The van der Waals surface area contributed by atoms with Gasteiger partial charge in [-0.25, -0.2) is 8.78 Å². The standard InChI is InChI=1S/C36H50F2O3/c1-3-5-6-7-26-19-34(37)36(35(38)20-26)32-16-17-33(28(4-2)21-32)31-14-12-30(13-15-31)29-10-8-25(9-11-29)18-27(22-39)23-41-24-40/h16-17,19-21,24-25,27,29-31,39H,3-15,18,22-23H2,1-2H3. The number of carbonyl (C=O) groups excluding carboxylic acids is 1. The van der Waals surface area contributed by atoms with Gasteiger partial charge < -0.3 is 9.84 Å². The van der Waals surface area contributed by atoms with Crippen molar-refractivity contribution in [2.75, 3.05) is 13.2 Å². The lowest BCUT2D eigenvalue weighted by Gasteiger charge is -2.39. The topological polar surface area (TPSA) is 46.5 Å². The fourth-order valence-electron chi connectivity index (χ4n) is 7.73. The zero-order valence-corrected chi connectivity index (χ0v) is 25.2. The molecule has 4 rings (SSSR count). The Bertz CT molecular complexity index is 1080. The third kappa shape index (κ3) is 8.40. The number of aliphatic hydroxyl groups excluding tert-OH is 1. The van der Waals surface area contributed by atoms with Crippen LogP contribution in [0.15, 0.2) is 30.3 Å². The molecule has 1 N–H and O–H groups in total. The van der Waals surface area contributed by atoms with Crippen LogP contribution in [0.1, 0.15) is 114 Å². The van der Waals surface area contributed by atoms with Crippen molar-refractivity contribution in [1.82, 2.24) is 0 Å². The number of unbranched alkanes of at least 4 members (excludes halogenated alkanes) is 2. The molecular formula is C36H50F2O3. The van der Waals surface area contributed by atoms with Crippen LogP contribution < -0.4 is 0 Å². The Kier molecular flexibility index (Phi) is 12.2. The van der Waals surface area contributed by atoms with Gasteiger partial charge in [-0.1, -0.05) is 57.7 Å². The summed E-state index contributed by atoms with van der Waals surface area (Å²) in [6, 6.07) is 9.15. The van der Waals surface area contributed by atoms with Crippen molar-refractivity contribution < 1.29 is 23.4 Å². The number of hydrogen-bond acceptors (Lipinski definition) is 3. The largest absolute Gasteiger partial charge is 0.468 e. The molecule has 2 saturated carbocycles. The molecule has 0 aliphatic heterocycles. The van der Waals surface area contributed by atoms with Gasteiger partial charge in [0.2, 0.25) is 0 Å². The van der Waals surface area contributed by atoms with Crippen LogP contribution in [-0.2, 0) is 22.4 Å². The Hall–Kier alpha value is -2.27. The average Bonchev–Trinajstić information content (AvgIpc) is 2.99. The van der Waals surface area contributed by atoms with Gasteiger partial charge >= 0.3 is 0 Å². The zero-order valence-electron chi connectivity index (χ0n) is 25.2. The molecule has 226 valence electrons. The number of aryl methyl sites for hydroxylation is 2. The van der Waals surface area contributed by atoms with E-state index in [0.717, 1.165) is 49.5 Å². The van der Waals surface area contributed by atoms with E-state index in [0.29, 0.717) is 36.9 Å². The van der Waals surface area contributed by atoms with Crippen molar-refractivity contribution in [2.24, 2.45) is 23.7 Å². The number of rotatable bonds is 14. The van der Waals surface area contributed by atoms with Crippen molar-refractivity contribution in [3.05, 3.63) is 58.7 Å². The molecule has 2 aliphatic carbocycles. The van der Waals surface area contributed by atoms with Gasteiger partial charge in [0.25, 0.3) is 6.47 Å². The van der Waals surface area contributed by atoms with Crippen molar-refractivity contribution in [3.8, 4) is 11.1 Å². The molecule has 0 bridgehead atoms. The van der Waals surface area contributed by atoms with E-state index in [-0.39, 0.29) is 18.1 Å². The lowest BCUT2D eigenvalue weighted by molar-refractivity contribution is -0.130. The van der Waals surface area contributed by atoms with E-state index < -0.39 is 11.6 Å².